The zero-order chi connectivity index (χ0) is 47.5. The molecule has 0 saturated carbocycles. The summed E-state index contributed by atoms with van der Waals surface area (Å²) in [4.78, 5) is 38.1. The van der Waals surface area contributed by atoms with Gasteiger partial charge in [0.2, 0.25) is 0 Å². The highest BCUT2D eigenvalue weighted by Crippen LogP contribution is 2.18. The molecule has 0 N–H and O–H groups in total. The van der Waals surface area contributed by atoms with Crippen molar-refractivity contribution in [1.82, 2.24) is 0 Å². The minimum absolute atomic E-state index is 0.0628. The smallest absolute Gasteiger partial charge is 0.306 e. The van der Waals surface area contributed by atoms with Gasteiger partial charge in [-0.05, 0) is 31.1 Å². The van der Waals surface area contributed by atoms with Crippen LogP contribution in [0.4, 0.5) is 0 Å². The second kappa shape index (κ2) is 51.8. The van der Waals surface area contributed by atoms with Crippen LogP contribution in [-0.4, -0.2) is 37.2 Å². The number of carbonyl (C=O) groups is 3. The number of rotatable bonds is 53. The highest BCUT2D eigenvalue weighted by atomic mass is 16.6. The zero-order valence-corrected chi connectivity index (χ0v) is 44.6. The molecule has 65 heavy (non-hydrogen) atoms. The van der Waals surface area contributed by atoms with Crippen molar-refractivity contribution in [3.05, 3.63) is 0 Å². The summed E-state index contributed by atoms with van der Waals surface area (Å²) in [5.41, 5.74) is 0. The van der Waals surface area contributed by atoms with Gasteiger partial charge in [0, 0.05) is 19.3 Å². The summed E-state index contributed by atoms with van der Waals surface area (Å²) in [5, 5.41) is 0. The van der Waals surface area contributed by atoms with E-state index >= 15 is 0 Å². The molecule has 0 amide bonds. The molecule has 386 valence electrons. The summed E-state index contributed by atoms with van der Waals surface area (Å²) in [5.74, 6) is 0.817. The fourth-order valence-corrected chi connectivity index (χ4v) is 9.05. The number of hydrogen-bond donors (Lipinski definition) is 0. The van der Waals surface area contributed by atoms with E-state index < -0.39 is 6.10 Å². The maximum absolute atomic E-state index is 12.9. The lowest BCUT2D eigenvalue weighted by Gasteiger charge is -2.18. The molecule has 0 heterocycles. The van der Waals surface area contributed by atoms with Crippen LogP contribution < -0.4 is 0 Å². The number of esters is 3. The van der Waals surface area contributed by atoms with E-state index in [1.54, 1.807) is 0 Å². The second-order valence-corrected chi connectivity index (χ2v) is 21.2. The Morgan fingerprint density at radius 3 is 0.754 bits per heavy atom. The van der Waals surface area contributed by atoms with E-state index in [0.717, 1.165) is 69.6 Å². The first kappa shape index (κ1) is 63.4. The minimum atomic E-state index is -0.763. The van der Waals surface area contributed by atoms with E-state index in [4.69, 9.17) is 14.2 Å². The molecule has 0 fully saturated rings. The number of hydrogen-bond acceptors (Lipinski definition) is 6. The van der Waals surface area contributed by atoms with Crippen molar-refractivity contribution in [2.45, 2.75) is 336 Å². The van der Waals surface area contributed by atoms with Crippen molar-refractivity contribution in [3.8, 4) is 0 Å². The molecule has 6 nitrogen and oxygen atoms in total. The van der Waals surface area contributed by atoms with E-state index in [9.17, 15) is 14.4 Å². The Hall–Kier alpha value is -1.59. The van der Waals surface area contributed by atoms with Gasteiger partial charge in [0.25, 0.3) is 0 Å². The summed E-state index contributed by atoms with van der Waals surface area (Å²) in [6.07, 6.45) is 55.3. The molecular weight excluding hydrogens is 805 g/mol. The predicted molar refractivity (Wildman–Crippen MR) is 280 cm³/mol. The maximum atomic E-state index is 12.9. The van der Waals surface area contributed by atoms with Crippen LogP contribution >= 0.6 is 0 Å². The van der Waals surface area contributed by atoms with Gasteiger partial charge in [0.05, 0.1) is 0 Å². The molecule has 0 aromatic heterocycles. The SMILES string of the molecule is CCCCCCCCCCCCCCCCCCCC(=O)OC[C@@H](COC(=O)CCCCCCCCCCCC(C)C)OC(=O)CCCCCCCCCCCCCCCCCC(C)C. The fourth-order valence-electron chi connectivity index (χ4n) is 9.05. The first-order valence-corrected chi connectivity index (χ1v) is 29.2. The summed E-state index contributed by atoms with van der Waals surface area (Å²) in [7, 11) is 0. The lowest BCUT2D eigenvalue weighted by Crippen LogP contribution is -2.30. The lowest BCUT2D eigenvalue weighted by molar-refractivity contribution is -0.167. The quantitative estimate of drug-likeness (QED) is 0.0344. The average Bonchev–Trinajstić information content (AvgIpc) is 3.28. The van der Waals surface area contributed by atoms with Gasteiger partial charge in [-0.15, -0.1) is 0 Å². The number of unbranched alkanes of at least 4 members (excludes halogenated alkanes) is 38. The van der Waals surface area contributed by atoms with Crippen molar-refractivity contribution >= 4 is 17.9 Å². The van der Waals surface area contributed by atoms with Crippen LogP contribution in [-0.2, 0) is 28.6 Å². The Bertz CT molecular complexity index is 993. The highest BCUT2D eigenvalue weighted by molar-refractivity contribution is 5.71. The average molecular weight is 920 g/mol. The van der Waals surface area contributed by atoms with Crippen LogP contribution in [0.3, 0.4) is 0 Å². The molecule has 0 aromatic carbocycles. The molecule has 0 spiro atoms. The van der Waals surface area contributed by atoms with Crippen LogP contribution in [0.1, 0.15) is 330 Å². The molecule has 6 heteroatoms. The van der Waals surface area contributed by atoms with Gasteiger partial charge in [-0.3, -0.25) is 14.4 Å². The molecule has 0 aliphatic carbocycles. The summed E-state index contributed by atoms with van der Waals surface area (Å²) in [6, 6.07) is 0. The van der Waals surface area contributed by atoms with Gasteiger partial charge in [-0.25, -0.2) is 0 Å². The summed E-state index contributed by atoms with van der Waals surface area (Å²) >= 11 is 0. The van der Waals surface area contributed by atoms with E-state index in [1.165, 1.54) is 218 Å². The molecule has 0 aliphatic heterocycles. The number of carbonyl (C=O) groups excluding carboxylic acids is 3. The first-order chi connectivity index (χ1) is 31.7. The Balaban J connectivity index is 4.28. The monoisotopic (exact) mass is 919 g/mol. The van der Waals surface area contributed by atoms with Gasteiger partial charge >= 0.3 is 17.9 Å². The first-order valence-electron chi connectivity index (χ1n) is 29.2. The topological polar surface area (TPSA) is 78.9 Å². The molecule has 1 atom stereocenters. The van der Waals surface area contributed by atoms with Crippen molar-refractivity contribution in [3.63, 3.8) is 0 Å². The Kier molecular flexibility index (Phi) is 50.5. The summed E-state index contributed by atoms with van der Waals surface area (Å²) in [6.45, 7) is 11.4. The molecule has 0 rings (SSSR count). The molecule has 0 unspecified atom stereocenters. The van der Waals surface area contributed by atoms with E-state index in [2.05, 4.69) is 34.6 Å². The zero-order valence-electron chi connectivity index (χ0n) is 44.6. The Morgan fingerprint density at radius 1 is 0.292 bits per heavy atom. The minimum Gasteiger partial charge on any atom is -0.462 e. The van der Waals surface area contributed by atoms with Crippen molar-refractivity contribution in [1.29, 1.82) is 0 Å². The third kappa shape index (κ3) is 53.2. The van der Waals surface area contributed by atoms with Gasteiger partial charge in [0.1, 0.15) is 13.2 Å². The van der Waals surface area contributed by atoms with E-state index in [-0.39, 0.29) is 31.1 Å². The van der Waals surface area contributed by atoms with E-state index in [0.29, 0.717) is 19.3 Å². The van der Waals surface area contributed by atoms with Crippen LogP contribution in [0.15, 0.2) is 0 Å². The van der Waals surface area contributed by atoms with E-state index in [1.807, 2.05) is 0 Å². The molecule has 0 bridgehead atoms. The summed E-state index contributed by atoms with van der Waals surface area (Å²) < 4.78 is 16.9. The normalized spacial score (nSPS) is 12.0. The lowest BCUT2D eigenvalue weighted by atomic mass is 10.0. The van der Waals surface area contributed by atoms with Gasteiger partial charge in [-0.1, -0.05) is 291 Å². The molecule has 0 saturated heterocycles. The predicted octanol–water partition coefficient (Wildman–Crippen LogP) is 19.3. The highest BCUT2D eigenvalue weighted by Gasteiger charge is 2.19. The van der Waals surface area contributed by atoms with Crippen LogP contribution in [0.5, 0.6) is 0 Å². The molecule has 0 radical (unpaired) electrons. The van der Waals surface area contributed by atoms with Gasteiger partial charge in [0.15, 0.2) is 6.10 Å². The fraction of sp³-hybridized carbons (Fsp3) is 0.949. The molecular formula is C59H114O6. The van der Waals surface area contributed by atoms with Crippen molar-refractivity contribution < 1.29 is 28.6 Å². The maximum Gasteiger partial charge on any atom is 0.306 e. The van der Waals surface area contributed by atoms with Crippen molar-refractivity contribution in [2.75, 3.05) is 13.2 Å². The van der Waals surface area contributed by atoms with Crippen LogP contribution in [0, 0.1) is 11.8 Å². The molecule has 0 aliphatic rings. The third-order valence-electron chi connectivity index (χ3n) is 13.5. The molecule has 0 aromatic rings. The van der Waals surface area contributed by atoms with Gasteiger partial charge in [-0.2, -0.15) is 0 Å². The standard InChI is InChI=1S/C59H114O6/c1-6-7-8-9-10-11-12-13-14-15-18-21-24-29-34-39-44-49-57(60)63-52-56(53-64-58(61)50-45-40-35-31-26-28-33-38-43-48-55(4)5)65-59(62)51-46-41-36-30-25-22-19-16-17-20-23-27-32-37-42-47-54(2)3/h54-56H,6-53H2,1-5H3/t56-/m0/s1. The van der Waals surface area contributed by atoms with Gasteiger partial charge < -0.3 is 14.2 Å². The van der Waals surface area contributed by atoms with Crippen LogP contribution in [0.2, 0.25) is 0 Å². The second-order valence-electron chi connectivity index (χ2n) is 21.2. The number of ether oxygens (including phenoxy) is 3. The Labute approximate surface area is 406 Å². The third-order valence-corrected chi connectivity index (χ3v) is 13.5. The largest absolute Gasteiger partial charge is 0.462 e. The van der Waals surface area contributed by atoms with Crippen LogP contribution in [0.25, 0.3) is 0 Å². The Morgan fingerprint density at radius 2 is 0.508 bits per heavy atom. The van der Waals surface area contributed by atoms with Crippen molar-refractivity contribution in [2.24, 2.45) is 11.8 Å².